The Kier molecular flexibility index (Phi) is 4.58. The van der Waals surface area contributed by atoms with Crippen molar-refractivity contribution in [3.8, 4) is 6.07 Å². The van der Waals surface area contributed by atoms with E-state index in [1.807, 2.05) is 34.6 Å². The van der Waals surface area contributed by atoms with Gasteiger partial charge in [-0.25, -0.2) is 4.79 Å². The van der Waals surface area contributed by atoms with Crippen LogP contribution >= 0.6 is 0 Å². The predicted molar refractivity (Wildman–Crippen MR) is 69.1 cm³/mol. The number of rotatable bonds is 1. The second-order valence-electron chi connectivity index (χ2n) is 5.82. The van der Waals surface area contributed by atoms with Crippen molar-refractivity contribution in [3.05, 3.63) is 0 Å². The molecule has 0 bridgehead atoms. The van der Waals surface area contributed by atoms with Crippen molar-refractivity contribution in [2.75, 3.05) is 19.6 Å². The minimum Gasteiger partial charge on any atom is -0.444 e. The van der Waals surface area contributed by atoms with Crippen LogP contribution in [-0.2, 0) is 4.74 Å². The molecule has 1 saturated heterocycles. The van der Waals surface area contributed by atoms with E-state index in [4.69, 9.17) is 10.00 Å². The molecule has 0 aromatic carbocycles. The third-order valence-electron chi connectivity index (χ3n) is 3.02. The summed E-state index contributed by atoms with van der Waals surface area (Å²) >= 11 is 0. The van der Waals surface area contributed by atoms with Crippen LogP contribution in [-0.4, -0.2) is 53.2 Å². The lowest BCUT2D eigenvalue weighted by molar-refractivity contribution is -0.000589. The fraction of sp³-hybridized carbons (Fsp3) is 0.846. The molecule has 1 aliphatic heterocycles. The van der Waals surface area contributed by atoms with Crippen LogP contribution in [0.1, 0.15) is 34.6 Å². The van der Waals surface area contributed by atoms with E-state index in [1.165, 1.54) is 0 Å². The Labute approximate surface area is 109 Å². The third-order valence-corrected chi connectivity index (χ3v) is 3.02. The summed E-state index contributed by atoms with van der Waals surface area (Å²) in [4.78, 5) is 15.8. The fourth-order valence-corrected chi connectivity index (χ4v) is 2.01. The summed E-state index contributed by atoms with van der Waals surface area (Å²) in [5.74, 6) is 0. The number of nitriles is 1. The third kappa shape index (κ3) is 3.88. The summed E-state index contributed by atoms with van der Waals surface area (Å²) in [5.41, 5.74) is -0.464. The number of hydrogen-bond donors (Lipinski definition) is 0. The van der Waals surface area contributed by atoms with Crippen molar-refractivity contribution in [3.63, 3.8) is 0 Å². The normalized spacial score (nSPS) is 23.3. The number of nitrogens with zero attached hydrogens (tertiary/aromatic N) is 3. The molecular formula is C13H23N3O2. The van der Waals surface area contributed by atoms with Crippen LogP contribution in [0.4, 0.5) is 4.79 Å². The van der Waals surface area contributed by atoms with Gasteiger partial charge in [-0.2, -0.15) is 5.26 Å². The van der Waals surface area contributed by atoms with E-state index >= 15 is 0 Å². The molecule has 0 saturated carbocycles. The molecular weight excluding hydrogens is 230 g/mol. The van der Waals surface area contributed by atoms with Gasteiger partial charge in [0, 0.05) is 25.7 Å². The van der Waals surface area contributed by atoms with Gasteiger partial charge >= 0.3 is 6.09 Å². The lowest BCUT2D eigenvalue weighted by atomic mass is 10.1. The maximum atomic E-state index is 12.0. The molecule has 1 rings (SSSR count). The first-order chi connectivity index (χ1) is 8.24. The zero-order valence-corrected chi connectivity index (χ0v) is 11.9. The minimum atomic E-state index is -0.464. The van der Waals surface area contributed by atoms with Gasteiger partial charge in [0.1, 0.15) is 5.60 Å². The second kappa shape index (κ2) is 5.57. The summed E-state index contributed by atoms with van der Waals surface area (Å²) in [5, 5.41) is 8.90. The number of hydrogen-bond acceptors (Lipinski definition) is 4. The lowest BCUT2D eigenvalue weighted by Gasteiger charge is -2.41. The van der Waals surface area contributed by atoms with Crippen molar-refractivity contribution < 1.29 is 9.53 Å². The molecule has 0 radical (unpaired) electrons. The van der Waals surface area contributed by atoms with Crippen LogP contribution in [0.3, 0.4) is 0 Å². The predicted octanol–water partition coefficient (Wildman–Crippen LogP) is 1.84. The monoisotopic (exact) mass is 253 g/mol. The quantitative estimate of drug-likeness (QED) is 0.715. The lowest BCUT2D eigenvalue weighted by Crippen LogP contribution is -2.56. The Bertz CT molecular complexity index is 343. The highest BCUT2D eigenvalue weighted by Crippen LogP contribution is 2.16. The molecule has 1 heterocycles. The molecule has 1 aliphatic rings. The van der Waals surface area contributed by atoms with E-state index in [2.05, 4.69) is 11.0 Å². The van der Waals surface area contributed by atoms with Gasteiger partial charge in [-0.05, 0) is 34.6 Å². The van der Waals surface area contributed by atoms with Crippen molar-refractivity contribution >= 4 is 6.09 Å². The molecule has 1 amide bonds. The Morgan fingerprint density at radius 1 is 1.44 bits per heavy atom. The highest BCUT2D eigenvalue weighted by molar-refractivity contribution is 5.68. The standard InChI is InChI=1S/C13H23N3O2/c1-10(8-14)15-6-7-16(11(2)9-15)12(17)18-13(3,4)5/h10-11H,6-7,9H2,1-5H3/t10-,11-/m0/s1. The molecule has 102 valence electrons. The summed E-state index contributed by atoms with van der Waals surface area (Å²) < 4.78 is 5.37. The molecule has 2 atom stereocenters. The van der Waals surface area contributed by atoms with E-state index in [0.29, 0.717) is 13.1 Å². The number of amides is 1. The SMILES string of the molecule is C[C@@H](C#N)N1CCN(C(=O)OC(C)(C)C)[C@@H](C)C1. The van der Waals surface area contributed by atoms with Crippen molar-refractivity contribution in [1.82, 2.24) is 9.80 Å². The smallest absolute Gasteiger partial charge is 0.410 e. The van der Waals surface area contributed by atoms with Crippen molar-refractivity contribution in [2.24, 2.45) is 0 Å². The molecule has 0 spiro atoms. The van der Waals surface area contributed by atoms with Gasteiger partial charge in [0.05, 0.1) is 12.1 Å². The second-order valence-corrected chi connectivity index (χ2v) is 5.82. The van der Waals surface area contributed by atoms with E-state index < -0.39 is 5.60 Å². The van der Waals surface area contributed by atoms with Crippen molar-refractivity contribution in [1.29, 1.82) is 5.26 Å². The maximum absolute atomic E-state index is 12.0. The Morgan fingerprint density at radius 3 is 2.50 bits per heavy atom. The molecule has 0 aromatic heterocycles. The average molecular weight is 253 g/mol. The Morgan fingerprint density at radius 2 is 2.06 bits per heavy atom. The first kappa shape index (κ1) is 14.8. The first-order valence-electron chi connectivity index (χ1n) is 6.38. The molecule has 18 heavy (non-hydrogen) atoms. The van der Waals surface area contributed by atoms with Gasteiger partial charge in [0.25, 0.3) is 0 Å². The zero-order valence-electron chi connectivity index (χ0n) is 11.9. The average Bonchev–Trinajstić information content (AvgIpc) is 2.25. The van der Waals surface area contributed by atoms with Gasteiger partial charge < -0.3 is 9.64 Å². The van der Waals surface area contributed by atoms with Crippen LogP contribution in [0, 0.1) is 11.3 Å². The van der Waals surface area contributed by atoms with Gasteiger partial charge in [-0.1, -0.05) is 0 Å². The van der Waals surface area contributed by atoms with Crippen LogP contribution in [0.5, 0.6) is 0 Å². The molecule has 0 aromatic rings. The van der Waals surface area contributed by atoms with Crippen molar-refractivity contribution in [2.45, 2.75) is 52.3 Å². The van der Waals surface area contributed by atoms with Gasteiger partial charge in [0.15, 0.2) is 0 Å². The number of carbonyl (C=O) groups excluding carboxylic acids is 1. The Hall–Kier alpha value is -1.28. The highest BCUT2D eigenvalue weighted by Gasteiger charge is 2.32. The van der Waals surface area contributed by atoms with E-state index in [0.717, 1.165) is 6.54 Å². The number of ether oxygens (including phenoxy) is 1. The largest absolute Gasteiger partial charge is 0.444 e. The van der Waals surface area contributed by atoms with Crippen LogP contribution in [0.15, 0.2) is 0 Å². The fourth-order valence-electron chi connectivity index (χ4n) is 2.01. The molecule has 5 heteroatoms. The molecule has 0 aliphatic carbocycles. The molecule has 0 unspecified atom stereocenters. The summed E-state index contributed by atoms with van der Waals surface area (Å²) in [6.45, 7) is 11.5. The highest BCUT2D eigenvalue weighted by atomic mass is 16.6. The first-order valence-corrected chi connectivity index (χ1v) is 6.38. The maximum Gasteiger partial charge on any atom is 0.410 e. The number of carbonyl (C=O) groups is 1. The van der Waals surface area contributed by atoms with E-state index in [9.17, 15) is 4.79 Å². The Balaban J connectivity index is 2.58. The van der Waals surface area contributed by atoms with Crippen LogP contribution in [0.25, 0.3) is 0 Å². The molecule has 1 fully saturated rings. The van der Waals surface area contributed by atoms with Crippen LogP contribution < -0.4 is 0 Å². The zero-order chi connectivity index (χ0) is 13.9. The molecule has 0 N–H and O–H groups in total. The van der Waals surface area contributed by atoms with Crippen LogP contribution in [0.2, 0.25) is 0 Å². The topological polar surface area (TPSA) is 56.6 Å². The van der Waals surface area contributed by atoms with Gasteiger partial charge in [0.2, 0.25) is 0 Å². The summed E-state index contributed by atoms with van der Waals surface area (Å²) in [7, 11) is 0. The summed E-state index contributed by atoms with van der Waals surface area (Å²) in [6.07, 6.45) is -0.265. The number of piperazine rings is 1. The van der Waals surface area contributed by atoms with E-state index in [1.54, 1.807) is 4.90 Å². The summed E-state index contributed by atoms with van der Waals surface area (Å²) in [6, 6.07) is 2.20. The minimum absolute atomic E-state index is 0.0735. The van der Waals surface area contributed by atoms with E-state index in [-0.39, 0.29) is 18.2 Å². The van der Waals surface area contributed by atoms with Gasteiger partial charge in [-0.15, -0.1) is 0 Å². The molecule has 5 nitrogen and oxygen atoms in total. The van der Waals surface area contributed by atoms with Gasteiger partial charge in [-0.3, -0.25) is 4.90 Å².